The Morgan fingerprint density at radius 1 is 1.24 bits per heavy atom. The monoisotopic (exact) mass is 425 g/mol. The van der Waals surface area contributed by atoms with Crippen molar-refractivity contribution in [2.45, 2.75) is 17.1 Å². The van der Waals surface area contributed by atoms with Gasteiger partial charge in [-0.1, -0.05) is 11.6 Å². The Morgan fingerprint density at radius 3 is 2.36 bits per heavy atom. The van der Waals surface area contributed by atoms with Crippen LogP contribution in [-0.2, 0) is 10.0 Å². The molecule has 1 saturated heterocycles. The molecule has 25 heavy (non-hydrogen) atoms. The van der Waals surface area contributed by atoms with Gasteiger partial charge in [0.05, 0.1) is 4.90 Å². The highest BCUT2D eigenvalue weighted by molar-refractivity contribution is 7.89. The average molecular weight is 426 g/mol. The molecule has 1 unspecified atom stereocenters. The van der Waals surface area contributed by atoms with Gasteiger partial charge in [0.15, 0.2) is 0 Å². The van der Waals surface area contributed by atoms with Crippen molar-refractivity contribution in [3.05, 3.63) is 29.0 Å². The molecule has 2 rings (SSSR count). The fourth-order valence-electron chi connectivity index (χ4n) is 2.40. The minimum atomic E-state index is -4.60. The molecule has 1 aromatic carbocycles. The molecule has 0 spiro atoms. The zero-order valence-corrected chi connectivity index (χ0v) is 15.2. The second-order valence-electron chi connectivity index (χ2n) is 5.30. The molecule has 1 aromatic rings. The summed E-state index contributed by atoms with van der Waals surface area (Å²) in [5.74, 6) is -0.891. The molecule has 0 amide bonds. The van der Waals surface area contributed by atoms with Crippen LogP contribution >= 0.6 is 24.0 Å². The molecule has 0 saturated carbocycles. The average Bonchev–Trinajstić information content (AvgIpc) is 2.46. The molecule has 0 aromatic heterocycles. The molecular weight excluding hydrogens is 409 g/mol. The van der Waals surface area contributed by atoms with Crippen molar-refractivity contribution in [2.75, 3.05) is 32.7 Å². The van der Waals surface area contributed by atoms with Crippen LogP contribution in [0.3, 0.4) is 0 Å². The minimum absolute atomic E-state index is 0. The second kappa shape index (κ2) is 8.83. The van der Waals surface area contributed by atoms with E-state index in [9.17, 15) is 26.0 Å². The van der Waals surface area contributed by atoms with Crippen LogP contribution in [0.5, 0.6) is 0 Å². The molecule has 0 radical (unpaired) electrons. The van der Waals surface area contributed by atoms with Crippen LogP contribution in [0.15, 0.2) is 23.1 Å². The lowest BCUT2D eigenvalue weighted by molar-refractivity contribution is -0.182. The highest BCUT2D eigenvalue weighted by Gasteiger charge is 2.44. The van der Waals surface area contributed by atoms with Gasteiger partial charge in [0.25, 0.3) is 0 Å². The number of sulfonamides is 1. The summed E-state index contributed by atoms with van der Waals surface area (Å²) in [5.41, 5.74) is 0. The van der Waals surface area contributed by atoms with Gasteiger partial charge in [-0.05, 0) is 18.2 Å². The maximum Gasteiger partial charge on any atom is 0.405 e. The third-order valence-electron chi connectivity index (χ3n) is 3.58. The van der Waals surface area contributed by atoms with Crippen LogP contribution in [0.2, 0.25) is 5.02 Å². The number of halogens is 6. The molecule has 1 heterocycles. The predicted octanol–water partition coefficient (Wildman–Crippen LogP) is 2.02. The van der Waals surface area contributed by atoms with Gasteiger partial charge >= 0.3 is 6.18 Å². The van der Waals surface area contributed by atoms with Gasteiger partial charge in [-0.25, -0.2) is 17.5 Å². The molecular formula is C13H17Cl2F4N3O2S. The molecule has 1 aliphatic rings. The van der Waals surface area contributed by atoms with Crippen LogP contribution in [-0.4, -0.2) is 58.3 Å². The topological polar surface area (TPSA) is 61.4 Å². The summed E-state index contributed by atoms with van der Waals surface area (Å²) in [6.45, 7) is 0.215. The summed E-state index contributed by atoms with van der Waals surface area (Å²) < 4.78 is 79.1. The van der Waals surface area contributed by atoms with Crippen molar-refractivity contribution in [3.63, 3.8) is 0 Å². The fraction of sp³-hybridized carbons (Fsp3) is 0.538. The Hall–Kier alpha value is -0.650. The number of benzene rings is 1. The molecule has 144 valence electrons. The molecule has 0 aliphatic carbocycles. The van der Waals surface area contributed by atoms with Crippen LogP contribution in [0.4, 0.5) is 17.6 Å². The Labute approximate surface area is 154 Å². The van der Waals surface area contributed by atoms with E-state index in [0.29, 0.717) is 19.2 Å². The van der Waals surface area contributed by atoms with Crippen molar-refractivity contribution >= 4 is 34.0 Å². The maximum absolute atomic E-state index is 13.3. The Bertz CT molecular complexity index is 662. The molecule has 0 bridgehead atoms. The van der Waals surface area contributed by atoms with Gasteiger partial charge in [-0.3, -0.25) is 4.90 Å². The van der Waals surface area contributed by atoms with Crippen LogP contribution in [0, 0.1) is 5.82 Å². The van der Waals surface area contributed by atoms with Gasteiger partial charge in [0.1, 0.15) is 11.9 Å². The molecule has 2 N–H and O–H groups in total. The summed E-state index contributed by atoms with van der Waals surface area (Å²) in [6.07, 6.45) is -4.60. The number of piperazine rings is 1. The van der Waals surface area contributed by atoms with Crippen LogP contribution in [0.1, 0.15) is 0 Å². The van der Waals surface area contributed by atoms with E-state index in [1.807, 2.05) is 4.72 Å². The summed E-state index contributed by atoms with van der Waals surface area (Å²) in [4.78, 5) is 0.645. The zero-order chi connectivity index (χ0) is 18.0. The van der Waals surface area contributed by atoms with Crippen molar-refractivity contribution in [2.24, 2.45) is 0 Å². The van der Waals surface area contributed by atoms with Crippen LogP contribution < -0.4 is 10.0 Å². The quantitative estimate of drug-likeness (QED) is 0.708. The molecule has 1 aliphatic heterocycles. The first kappa shape index (κ1) is 22.4. The van der Waals surface area contributed by atoms with Gasteiger partial charge in [0.2, 0.25) is 10.0 Å². The smallest absolute Gasteiger partial charge is 0.314 e. The highest BCUT2D eigenvalue weighted by Crippen LogP contribution is 2.25. The highest BCUT2D eigenvalue weighted by atomic mass is 35.5. The standard InChI is InChI=1S/C13H16ClF4N3O2S.ClH/c14-9-5-10(15)7-11(6-9)24(22,23)20-8-12(13(16,17)18)21-3-1-19-2-4-21;/h5-7,12,19-20H,1-4,8H2;1H. The van der Waals surface area contributed by atoms with Crippen molar-refractivity contribution in [1.82, 2.24) is 14.9 Å². The van der Waals surface area contributed by atoms with E-state index in [1.165, 1.54) is 0 Å². The first-order valence-electron chi connectivity index (χ1n) is 7.07. The number of rotatable bonds is 5. The van der Waals surface area contributed by atoms with E-state index in [1.54, 1.807) is 0 Å². The number of nitrogens with one attached hydrogen (secondary N) is 2. The number of alkyl halides is 3. The lowest BCUT2D eigenvalue weighted by Crippen LogP contribution is -2.57. The van der Waals surface area contributed by atoms with Crippen molar-refractivity contribution in [1.29, 1.82) is 0 Å². The minimum Gasteiger partial charge on any atom is -0.314 e. The van der Waals surface area contributed by atoms with E-state index in [0.717, 1.165) is 17.0 Å². The molecule has 12 heteroatoms. The first-order valence-corrected chi connectivity index (χ1v) is 8.93. The fourth-order valence-corrected chi connectivity index (χ4v) is 3.78. The second-order valence-corrected chi connectivity index (χ2v) is 7.50. The third kappa shape index (κ3) is 6.22. The summed E-state index contributed by atoms with van der Waals surface area (Å²) >= 11 is 5.59. The lowest BCUT2D eigenvalue weighted by Gasteiger charge is -2.35. The van der Waals surface area contributed by atoms with Gasteiger partial charge in [-0.2, -0.15) is 13.2 Å². The molecule has 1 atom stereocenters. The van der Waals surface area contributed by atoms with E-state index in [2.05, 4.69) is 5.32 Å². The van der Waals surface area contributed by atoms with Crippen molar-refractivity contribution < 1.29 is 26.0 Å². The van der Waals surface area contributed by atoms with E-state index in [4.69, 9.17) is 11.6 Å². The zero-order valence-electron chi connectivity index (χ0n) is 12.8. The Morgan fingerprint density at radius 2 is 1.84 bits per heavy atom. The van der Waals surface area contributed by atoms with Gasteiger partial charge in [0, 0.05) is 37.7 Å². The normalized spacial score (nSPS) is 17.8. The van der Waals surface area contributed by atoms with E-state index in [-0.39, 0.29) is 30.5 Å². The summed E-state index contributed by atoms with van der Waals surface area (Å²) in [7, 11) is -4.32. The van der Waals surface area contributed by atoms with Crippen molar-refractivity contribution in [3.8, 4) is 0 Å². The van der Waals surface area contributed by atoms with Crippen LogP contribution in [0.25, 0.3) is 0 Å². The summed E-state index contributed by atoms with van der Waals surface area (Å²) in [6, 6.07) is 0.611. The van der Waals surface area contributed by atoms with E-state index < -0.39 is 39.5 Å². The Kier molecular flexibility index (Phi) is 7.91. The SMILES string of the molecule is Cl.O=S(=O)(NCC(N1CCNCC1)C(F)(F)F)c1cc(F)cc(Cl)c1. The lowest BCUT2D eigenvalue weighted by atomic mass is 10.2. The van der Waals surface area contributed by atoms with Gasteiger partial charge < -0.3 is 5.32 Å². The number of hydrogen-bond donors (Lipinski definition) is 2. The Balaban J connectivity index is 0.00000312. The number of nitrogens with zero attached hydrogens (tertiary/aromatic N) is 1. The third-order valence-corrected chi connectivity index (χ3v) is 5.20. The maximum atomic E-state index is 13.3. The number of hydrogen-bond acceptors (Lipinski definition) is 4. The van der Waals surface area contributed by atoms with Gasteiger partial charge in [-0.15, -0.1) is 12.4 Å². The molecule has 5 nitrogen and oxygen atoms in total. The first-order chi connectivity index (χ1) is 11.1. The summed E-state index contributed by atoms with van der Waals surface area (Å²) in [5, 5.41) is 2.77. The largest absolute Gasteiger partial charge is 0.405 e. The predicted molar refractivity (Wildman–Crippen MR) is 88.1 cm³/mol. The molecule has 1 fully saturated rings. The van der Waals surface area contributed by atoms with E-state index >= 15 is 0 Å².